The zero-order valence-electron chi connectivity index (χ0n) is 15.6. The quantitative estimate of drug-likeness (QED) is 0.744. The molecule has 158 valence electrons. The van der Waals surface area contributed by atoms with Crippen molar-refractivity contribution >= 4 is 21.6 Å². The molecule has 0 spiro atoms. The van der Waals surface area contributed by atoms with Crippen LogP contribution in [0.5, 0.6) is 5.75 Å². The number of anilines is 1. The molecular weight excluding hydrogens is 411 g/mol. The Kier molecular flexibility index (Phi) is 5.19. The highest BCUT2D eigenvalue weighted by atomic mass is 32.2. The van der Waals surface area contributed by atoms with Crippen molar-refractivity contribution in [3.8, 4) is 11.8 Å². The minimum atomic E-state index is -4.95. The van der Waals surface area contributed by atoms with Crippen LogP contribution in [0.25, 0.3) is 0 Å². The maximum absolute atomic E-state index is 12.9. The number of carbonyl (C=O) groups excluding carboxylic acids is 1. The predicted octanol–water partition coefficient (Wildman–Crippen LogP) is 3.30. The van der Waals surface area contributed by atoms with Crippen LogP contribution >= 0.6 is 0 Å². The number of sulfonamides is 1. The minimum absolute atomic E-state index is 0.145. The number of halogens is 3. The minimum Gasteiger partial charge on any atom is -0.406 e. The van der Waals surface area contributed by atoms with Gasteiger partial charge in [-0.3, -0.25) is 9.52 Å². The molecule has 0 heterocycles. The highest BCUT2D eigenvalue weighted by Crippen LogP contribution is 2.52. The molecule has 1 aromatic carbocycles. The molecule has 0 saturated heterocycles. The molecule has 1 amide bonds. The van der Waals surface area contributed by atoms with Crippen LogP contribution in [0.15, 0.2) is 18.2 Å². The maximum Gasteiger partial charge on any atom is 0.573 e. The average molecular weight is 431 g/mol. The summed E-state index contributed by atoms with van der Waals surface area (Å²) < 4.78 is 66.8. The predicted molar refractivity (Wildman–Crippen MR) is 97.5 cm³/mol. The van der Waals surface area contributed by atoms with Gasteiger partial charge in [0.15, 0.2) is 0 Å². The van der Waals surface area contributed by atoms with Gasteiger partial charge in [0.1, 0.15) is 5.75 Å². The number of carbonyl (C=O) groups is 1. The summed E-state index contributed by atoms with van der Waals surface area (Å²) in [5.41, 5.74) is -1.34. The number of amides is 1. The normalized spacial score (nSPS) is 26.4. The Morgan fingerprint density at radius 1 is 1.17 bits per heavy atom. The van der Waals surface area contributed by atoms with E-state index in [-0.39, 0.29) is 16.7 Å². The van der Waals surface area contributed by atoms with E-state index in [2.05, 4.69) is 20.8 Å². The molecule has 0 unspecified atom stereocenters. The van der Waals surface area contributed by atoms with E-state index in [0.29, 0.717) is 38.5 Å². The first-order chi connectivity index (χ1) is 13.3. The molecule has 7 nitrogen and oxygen atoms in total. The number of benzene rings is 1. The van der Waals surface area contributed by atoms with Crippen LogP contribution in [0.3, 0.4) is 0 Å². The first-order valence-corrected chi connectivity index (χ1v) is 10.8. The van der Waals surface area contributed by atoms with Crippen molar-refractivity contribution in [2.45, 2.75) is 50.4 Å². The SMILES string of the molecule is CS(=O)(=O)Nc1ccc(OC(F)(F)F)cc1C(=O)NC12CCC(C#N)(CC1)CC2. The largest absolute Gasteiger partial charge is 0.573 e. The van der Waals surface area contributed by atoms with Gasteiger partial charge in [0.05, 0.1) is 29.0 Å². The summed E-state index contributed by atoms with van der Waals surface area (Å²) in [4.78, 5) is 12.9. The second kappa shape index (κ2) is 7.09. The molecule has 3 aliphatic carbocycles. The molecule has 1 aromatic rings. The van der Waals surface area contributed by atoms with Gasteiger partial charge in [0.2, 0.25) is 10.0 Å². The van der Waals surface area contributed by atoms with E-state index in [4.69, 9.17) is 0 Å². The first kappa shape index (κ1) is 21.2. The van der Waals surface area contributed by atoms with Crippen molar-refractivity contribution in [3.05, 3.63) is 23.8 Å². The van der Waals surface area contributed by atoms with E-state index in [9.17, 15) is 31.6 Å². The van der Waals surface area contributed by atoms with E-state index in [1.807, 2.05) is 0 Å². The molecule has 3 fully saturated rings. The summed E-state index contributed by atoms with van der Waals surface area (Å²) >= 11 is 0. The lowest BCUT2D eigenvalue weighted by Crippen LogP contribution is -2.56. The Balaban J connectivity index is 1.88. The van der Waals surface area contributed by atoms with Gasteiger partial charge >= 0.3 is 6.36 Å². The Labute approximate surface area is 166 Å². The van der Waals surface area contributed by atoms with Gasteiger partial charge in [-0.1, -0.05) is 0 Å². The summed E-state index contributed by atoms with van der Waals surface area (Å²) in [5.74, 6) is -1.33. The van der Waals surface area contributed by atoms with Crippen LogP contribution in [0, 0.1) is 16.7 Å². The average Bonchev–Trinajstić information content (AvgIpc) is 2.62. The van der Waals surface area contributed by atoms with Crippen LogP contribution in [0.1, 0.15) is 48.9 Å². The molecule has 4 rings (SSSR count). The third-order valence-corrected chi connectivity index (χ3v) is 6.22. The van der Waals surface area contributed by atoms with Gasteiger partial charge in [-0.15, -0.1) is 13.2 Å². The number of fused-ring (bicyclic) bond motifs is 3. The van der Waals surface area contributed by atoms with Crippen molar-refractivity contribution in [3.63, 3.8) is 0 Å². The molecule has 3 aliphatic rings. The molecule has 0 aliphatic heterocycles. The number of ether oxygens (including phenoxy) is 1. The molecule has 0 radical (unpaired) electrons. The summed E-state index contributed by atoms with van der Waals surface area (Å²) in [6.07, 6.45) is -0.428. The van der Waals surface area contributed by atoms with Crippen LogP contribution in [0.2, 0.25) is 0 Å². The second-order valence-electron chi connectivity index (χ2n) is 7.76. The Bertz CT molecular complexity index is 945. The van der Waals surface area contributed by atoms with Gasteiger partial charge in [-0.25, -0.2) is 8.42 Å². The van der Waals surface area contributed by atoms with Crippen LogP contribution < -0.4 is 14.8 Å². The smallest absolute Gasteiger partial charge is 0.406 e. The number of alkyl halides is 3. The topological polar surface area (TPSA) is 108 Å². The molecule has 0 aromatic heterocycles. The second-order valence-corrected chi connectivity index (χ2v) is 9.50. The molecule has 11 heteroatoms. The van der Waals surface area contributed by atoms with E-state index < -0.39 is 33.6 Å². The Morgan fingerprint density at radius 3 is 2.24 bits per heavy atom. The summed E-state index contributed by atoms with van der Waals surface area (Å²) in [6, 6.07) is 5.20. The number of hydrogen-bond acceptors (Lipinski definition) is 5. The monoisotopic (exact) mass is 431 g/mol. The van der Waals surface area contributed by atoms with Crippen molar-refractivity contribution < 1.29 is 31.1 Å². The van der Waals surface area contributed by atoms with Gasteiger partial charge in [0.25, 0.3) is 5.91 Å². The molecular formula is C18H20F3N3O4S. The van der Waals surface area contributed by atoms with Gasteiger partial charge < -0.3 is 10.1 Å². The lowest BCUT2D eigenvalue weighted by atomic mass is 9.58. The highest BCUT2D eigenvalue weighted by molar-refractivity contribution is 7.92. The third-order valence-electron chi connectivity index (χ3n) is 5.63. The van der Waals surface area contributed by atoms with Crippen molar-refractivity contribution in [2.75, 3.05) is 11.0 Å². The van der Waals surface area contributed by atoms with Gasteiger partial charge in [-0.05, 0) is 56.7 Å². The maximum atomic E-state index is 12.9. The fourth-order valence-electron chi connectivity index (χ4n) is 4.05. The number of hydrogen-bond donors (Lipinski definition) is 2. The summed E-state index contributed by atoms with van der Waals surface area (Å²) in [7, 11) is -3.77. The Morgan fingerprint density at radius 2 is 1.76 bits per heavy atom. The van der Waals surface area contributed by atoms with Crippen molar-refractivity contribution in [2.24, 2.45) is 5.41 Å². The molecule has 3 saturated carbocycles. The van der Waals surface area contributed by atoms with E-state index in [1.54, 1.807) is 0 Å². The molecule has 2 bridgehead atoms. The van der Waals surface area contributed by atoms with Crippen LogP contribution in [-0.4, -0.2) is 32.5 Å². The summed E-state index contributed by atoms with van der Waals surface area (Å²) in [6.45, 7) is 0. The number of nitriles is 1. The Hall–Kier alpha value is -2.48. The highest BCUT2D eigenvalue weighted by Gasteiger charge is 2.49. The molecule has 2 N–H and O–H groups in total. The summed E-state index contributed by atoms with van der Waals surface area (Å²) in [5, 5.41) is 12.2. The van der Waals surface area contributed by atoms with Crippen LogP contribution in [0.4, 0.5) is 18.9 Å². The fraction of sp³-hybridized carbons (Fsp3) is 0.556. The van der Waals surface area contributed by atoms with Crippen LogP contribution in [-0.2, 0) is 10.0 Å². The van der Waals surface area contributed by atoms with E-state index in [1.165, 1.54) is 0 Å². The van der Waals surface area contributed by atoms with E-state index in [0.717, 1.165) is 24.5 Å². The molecule has 0 atom stereocenters. The third kappa shape index (κ3) is 4.93. The molecule has 29 heavy (non-hydrogen) atoms. The number of nitrogens with one attached hydrogen (secondary N) is 2. The number of nitrogens with zero attached hydrogens (tertiary/aromatic N) is 1. The lowest BCUT2D eigenvalue weighted by molar-refractivity contribution is -0.274. The lowest BCUT2D eigenvalue weighted by Gasteiger charge is -2.50. The standard InChI is InChI=1S/C18H20F3N3O4S/c1-29(26,27)24-14-3-2-12(28-18(19,20)21)10-13(14)15(25)23-17-7-4-16(11-22,5-8-17)6-9-17/h2-3,10,24H,4-9H2,1H3,(H,23,25). The van der Waals surface area contributed by atoms with Gasteiger partial charge in [0, 0.05) is 5.54 Å². The zero-order chi connectivity index (χ0) is 21.5. The van der Waals surface area contributed by atoms with Crippen molar-refractivity contribution in [1.82, 2.24) is 5.32 Å². The van der Waals surface area contributed by atoms with Crippen molar-refractivity contribution in [1.29, 1.82) is 5.26 Å². The first-order valence-electron chi connectivity index (χ1n) is 8.96. The van der Waals surface area contributed by atoms with Gasteiger partial charge in [-0.2, -0.15) is 5.26 Å². The van der Waals surface area contributed by atoms with E-state index >= 15 is 0 Å². The number of rotatable bonds is 5. The fourth-order valence-corrected chi connectivity index (χ4v) is 4.62. The zero-order valence-corrected chi connectivity index (χ0v) is 16.4.